The minimum absolute atomic E-state index is 0.312. The van der Waals surface area contributed by atoms with E-state index < -0.39 is 8.80 Å². The Hall–Kier alpha value is 0.0169. The van der Waals surface area contributed by atoms with Crippen molar-refractivity contribution in [1.29, 1.82) is 0 Å². The summed E-state index contributed by atoms with van der Waals surface area (Å²) in [6.45, 7) is 20.9. The molecule has 0 amide bonds. The van der Waals surface area contributed by atoms with Crippen LogP contribution in [0, 0.1) is 0 Å². The van der Waals surface area contributed by atoms with Gasteiger partial charge in [-0.2, -0.15) is 0 Å². The monoisotopic (exact) mass is 348 g/mol. The zero-order valence-corrected chi connectivity index (χ0v) is 17.8. The van der Waals surface area contributed by atoms with Gasteiger partial charge in [-0.05, 0) is 75.3 Å². The number of rotatable bonds is 9. The fourth-order valence-corrected chi connectivity index (χ4v) is 6.11. The molecule has 0 bridgehead atoms. The lowest BCUT2D eigenvalue weighted by molar-refractivity contribution is -0.0754. The van der Waals surface area contributed by atoms with E-state index in [4.69, 9.17) is 19.0 Å². The van der Waals surface area contributed by atoms with Gasteiger partial charge in [0.15, 0.2) is 0 Å². The Balaban J connectivity index is 5.21. The predicted molar refractivity (Wildman–Crippen MR) is 99.6 cm³/mol. The number of nitrogens with one attached hydrogen (secondary N) is 1. The molecule has 140 valence electrons. The Morgan fingerprint density at radius 1 is 0.739 bits per heavy atom. The largest absolute Gasteiger partial charge is 0.502 e. The molecule has 0 fully saturated rings. The molecule has 0 rings (SSSR count). The minimum Gasteiger partial charge on any atom is -0.368 e. The first-order chi connectivity index (χ1) is 10.2. The van der Waals surface area contributed by atoms with Gasteiger partial charge < -0.3 is 24.3 Å². The van der Waals surface area contributed by atoms with Crippen molar-refractivity contribution in [3.05, 3.63) is 0 Å². The maximum atomic E-state index is 6.43. The summed E-state index contributed by atoms with van der Waals surface area (Å²) in [6, 6.07) is 0.788. The normalized spacial score (nSPS) is 14.3. The first-order valence-corrected chi connectivity index (χ1v) is 10.6. The molecule has 6 heteroatoms. The highest BCUT2D eigenvalue weighted by atomic mass is 28.4. The summed E-state index contributed by atoms with van der Waals surface area (Å²) in [4.78, 5) is 0. The van der Waals surface area contributed by atoms with Gasteiger partial charge in [-0.15, -0.1) is 0 Å². The van der Waals surface area contributed by atoms with Gasteiger partial charge in [0, 0.05) is 19.1 Å². The van der Waals surface area contributed by atoms with Crippen molar-refractivity contribution in [1.82, 2.24) is 5.32 Å². The molecule has 0 spiro atoms. The molecule has 0 aliphatic heterocycles. The van der Waals surface area contributed by atoms with Crippen LogP contribution in [0.2, 0.25) is 6.04 Å². The zero-order valence-electron chi connectivity index (χ0n) is 16.8. The Morgan fingerprint density at radius 3 is 1.43 bits per heavy atom. The maximum Gasteiger partial charge on any atom is 0.502 e. The molecule has 3 N–H and O–H groups in total. The molecule has 0 aliphatic carbocycles. The molecule has 0 aromatic rings. The summed E-state index contributed by atoms with van der Waals surface area (Å²) >= 11 is 0. The van der Waals surface area contributed by atoms with Crippen molar-refractivity contribution in [3.8, 4) is 0 Å². The van der Waals surface area contributed by atoms with Crippen molar-refractivity contribution in [2.45, 2.75) is 91.6 Å². The number of nitrogens with two attached hydrogens (primary N) is 1. The lowest BCUT2D eigenvalue weighted by Gasteiger charge is -2.43. The summed E-state index contributed by atoms with van der Waals surface area (Å²) in [5.74, 6) is 0. The van der Waals surface area contributed by atoms with Crippen LogP contribution >= 0.6 is 0 Å². The third-order valence-electron chi connectivity index (χ3n) is 2.54. The molecule has 0 saturated carbocycles. The first-order valence-electron chi connectivity index (χ1n) is 8.69. The molecule has 0 radical (unpaired) electrons. The molecule has 0 saturated heterocycles. The average molecular weight is 349 g/mol. The average Bonchev–Trinajstić information content (AvgIpc) is 2.20. The fourth-order valence-electron chi connectivity index (χ4n) is 2.27. The second-order valence-corrected chi connectivity index (χ2v) is 11.4. The smallest absolute Gasteiger partial charge is 0.368 e. The second-order valence-electron chi connectivity index (χ2n) is 8.97. The summed E-state index contributed by atoms with van der Waals surface area (Å²) < 4.78 is 19.3. The highest BCUT2D eigenvalue weighted by molar-refractivity contribution is 6.61. The highest BCUT2D eigenvalue weighted by Gasteiger charge is 2.49. The number of hydrogen-bond donors (Lipinski definition) is 2. The van der Waals surface area contributed by atoms with E-state index in [0.29, 0.717) is 6.54 Å². The quantitative estimate of drug-likeness (QED) is 0.494. The van der Waals surface area contributed by atoms with Gasteiger partial charge in [-0.1, -0.05) is 0 Å². The summed E-state index contributed by atoms with van der Waals surface area (Å²) in [6.07, 6.45) is 0.939. The molecule has 0 aliphatic rings. The SMILES string of the molecule is CC(C)(C)O[Si](CCCNCCN)(OC(C)(C)C)OC(C)(C)C. The van der Waals surface area contributed by atoms with E-state index in [1.807, 2.05) is 0 Å². The van der Waals surface area contributed by atoms with E-state index in [9.17, 15) is 0 Å². The maximum absolute atomic E-state index is 6.43. The van der Waals surface area contributed by atoms with Crippen LogP contribution in [0.15, 0.2) is 0 Å². The van der Waals surface area contributed by atoms with E-state index >= 15 is 0 Å². The molecule has 5 nitrogen and oxygen atoms in total. The summed E-state index contributed by atoms with van der Waals surface area (Å²) in [5, 5.41) is 3.33. The van der Waals surface area contributed by atoms with E-state index in [2.05, 4.69) is 67.6 Å². The first kappa shape index (κ1) is 23.0. The Morgan fingerprint density at radius 2 is 1.13 bits per heavy atom. The summed E-state index contributed by atoms with van der Waals surface area (Å²) in [7, 11) is -2.83. The van der Waals surface area contributed by atoms with Crippen molar-refractivity contribution < 1.29 is 13.3 Å². The van der Waals surface area contributed by atoms with E-state index in [0.717, 1.165) is 25.6 Å². The molecular formula is C17H40N2O3Si. The van der Waals surface area contributed by atoms with Gasteiger partial charge in [0.25, 0.3) is 0 Å². The molecule has 0 unspecified atom stereocenters. The Labute approximate surface area is 145 Å². The van der Waals surface area contributed by atoms with Gasteiger partial charge in [0.1, 0.15) is 0 Å². The van der Waals surface area contributed by atoms with Crippen molar-refractivity contribution in [2.75, 3.05) is 19.6 Å². The molecule has 0 aromatic heterocycles. The van der Waals surface area contributed by atoms with Crippen LogP contribution in [0.3, 0.4) is 0 Å². The van der Waals surface area contributed by atoms with Crippen molar-refractivity contribution in [3.63, 3.8) is 0 Å². The minimum atomic E-state index is -2.83. The van der Waals surface area contributed by atoms with Crippen LogP contribution in [0.5, 0.6) is 0 Å². The Kier molecular flexibility index (Phi) is 8.93. The highest BCUT2D eigenvalue weighted by Crippen LogP contribution is 2.32. The van der Waals surface area contributed by atoms with Crippen LogP contribution in [0.25, 0.3) is 0 Å². The van der Waals surface area contributed by atoms with Crippen LogP contribution in [0.4, 0.5) is 0 Å². The molecule has 23 heavy (non-hydrogen) atoms. The van der Waals surface area contributed by atoms with E-state index in [1.54, 1.807) is 0 Å². The molecule has 0 atom stereocenters. The van der Waals surface area contributed by atoms with Gasteiger partial charge in [-0.3, -0.25) is 0 Å². The van der Waals surface area contributed by atoms with Crippen LogP contribution in [0.1, 0.15) is 68.7 Å². The second kappa shape index (κ2) is 8.92. The predicted octanol–water partition coefficient (Wildman–Crippen LogP) is 3.31. The lowest BCUT2D eigenvalue weighted by atomic mass is 10.2. The molecular weight excluding hydrogens is 308 g/mol. The topological polar surface area (TPSA) is 65.7 Å². The zero-order chi connectivity index (χ0) is 18.4. The van der Waals surface area contributed by atoms with Crippen molar-refractivity contribution in [2.24, 2.45) is 5.73 Å². The molecule has 0 heterocycles. The van der Waals surface area contributed by atoms with Crippen LogP contribution in [-0.2, 0) is 13.3 Å². The van der Waals surface area contributed by atoms with Crippen LogP contribution < -0.4 is 11.1 Å². The Bertz CT molecular complexity index is 289. The summed E-state index contributed by atoms with van der Waals surface area (Å²) in [5.41, 5.74) is 4.58. The molecule has 0 aromatic carbocycles. The third-order valence-corrected chi connectivity index (χ3v) is 6.28. The van der Waals surface area contributed by atoms with E-state index in [1.165, 1.54) is 0 Å². The fraction of sp³-hybridized carbons (Fsp3) is 1.00. The van der Waals surface area contributed by atoms with Gasteiger partial charge in [-0.25, -0.2) is 0 Å². The lowest BCUT2D eigenvalue weighted by Crippen LogP contribution is -2.57. The number of hydrogen-bond acceptors (Lipinski definition) is 5. The van der Waals surface area contributed by atoms with Gasteiger partial charge in [0.2, 0.25) is 0 Å². The standard InChI is InChI=1S/C17H40N2O3Si/c1-15(2,3)20-23(21-16(4,5)6,22-17(7,8)9)14-10-12-19-13-11-18/h19H,10-14,18H2,1-9H3. The van der Waals surface area contributed by atoms with Gasteiger partial charge in [0.05, 0.1) is 16.8 Å². The van der Waals surface area contributed by atoms with Crippen LogP contribution in [-0.4, -0.2) is 45.2 Å². The van der Waals surface area contributed by atoms with E-state index in [-0.39, 0.29) is 16.8 Å². The third kappa shape index (κ3) is 13.0. The van der Waals surface area contributed by atoms with Crippen molar-refractivity contribution >= 4 is 8.80 Å². The van der Waals surface area contributed by atoms with Gasteiger partial charge >= 0.3 is 8.80 Å².